The molecule has 166 valence electrons. The van der Waals surface area contributed by atoms with Crippen LogP contribution in [0, 0.1) is 6.92 Å². The molecule has 1 unspecified atom stereocenters. The molecular weight excluding hydrogens is 434 g/mol. The molecule has 0 bridgehead atoms. The van der Waals surface area contributed by atoms with Gasteiger partial charge in [0, 0.05) is 16.8 Å². The van der Waals surface area contributed by atoms with Gasteiger partial charge in [-0.2, -0.15) is 0 Å². The van der Waals surface area contributed by atoms with Gasteiger partial charge in [0.15, 0.2) is 11.6 Å². The van der Waals surface area contributed by atoms with Crippen LogP contribution in [0.25, 0.3) is 11.4 Å². The highest BCUT2D eigenvalue weighted by Gasteiger charge is 2.26. The van der Waals surface area contributed by atoms with Gasteiger partial charge >= 0.3 is 0 Å². The zero-order chi connectivity index (χ0) is 23.4. The summed E-state index contributed by atoms with van der Waals surface area (Å²) in [5.74, 6) is 6.49. The van der Waals surface area contributed by atoms with Gasteiger partial charge in [-0.25, -0.2) is 4.68 Å². The van der Waals surface area contributed by atoms with Gasteiger partial charge in [0.05, 0.1) is 0 Å². The lowest BCUT2D eigenvalue weighted by atomic mass is 10.1. The molecule has 0 aliphatic rings. The first-order valence-electron chi connectivity index (χ1n) is 10.3. The average Bonchev–Trinajstić information content (AvgIpc) is 3.18. The van der Waals surface area contributed by atoms with Crippen molar-refractivity contribution in [3.05, 3.63) is 95.6 Å². The van der Waals surface area contributed by atoms with Crippen LogP contribution in [0.2, 0.25) is 0 Å². The normalized spacial score (nSPS) is 11.7. The van der Waals surface area contributed by atoms with Crippen molar-refractivity contribution in [2.45, 2.75) is 24.3 Å². The molecule has 1 amide bonds. The number of thioether (sulfide) groups is 1. The van der Waals surface area contributed by atoms with E-state index in [-0.39, 0.29) is 11.7 Å². The second kappa shape index (κ2) is 9.70. The molecule has 0 saturated carbocycles. The molecular formula is C25H23N5O2S. The van der Waals surface area contributed by atoms with E-state index in [0.29, 0.717) is 22.2 Å². The molecule has 33 heavy (non-hydrogen) atoms. The number of rotatable bonds is 7. The third kappa shape index (κ3) is 5.12. The molecule has 0 radical (unpaired) electrons. The second-order valence-corrected chi connectivity index (χ2v) is 8.65. The largest absolute Gasteiger partial charge is 0.335 e. The summed E-state index contributed by atoms with van der Waals surface area (Å²) in [6.45, 7) is 3.50. The fraction of sp³-hybridized carbons (Fsp3) is 0.120. The van der Waals surface area contributed by atoms with Gasteiger partial charge < -0.3 is 11.2 Å². The van der Waals surface area contributed by atoms with Crippen LogP contribution in [0.3, 0.4) is 0 Å². The zero-order valence-electron chi connectivity index (χ0n) is 18.2. The van der Waals surface area contributed by atoms with Gasteiger partial charge in [0.25, 0.3) is 0 Å². The van der Waals surface area contributed by atoms with Crippen molar-refractivity contribution >= 4 is 29.1 Å². The summed E-state index contributed by atoms with van der Waals surface area (Å²) in [4.78, 5) is 25.0. The SMILES string of the molecule is CC(=O)c1cccc(NC(=O)C(Sc2nnc(-c3ccc(C)cc3)n2N)c2ccccc2)c1. The highest BCUT2D eigenvalue weighted by molar-refractivity contribution is 8.00. The first-order chi connectivity index (χ1) is 15.9. The van der Waals surface area contributed by atoms with Crippen LogP contribution in [0.5, 0.6) is 0 Å². The van der Waals surface area contributed by atoms with Crippen LogP contribution in [0.15, 0.2) is 84.0 Å². The Labute approximate surface area is 196 Å². The first kappa shape index (κ1) is 22.3. The number of hydrogen-bond acceptors (Lipinski definition) is 6. The lowest BCUT2D eigenvalue weighted by Gasteiger charge is -2.17. The van der Waals surface area contributed by atoms with Crippen molar-refractivity contribution in [2.75, 3.05) is 11.2 Å². The molecule has 0 spiro atoms. The van der Waals surface area contributed by atoms with Crippen LogP contribution in [-0.2, 0) is 4.79 Å². The molecule has 0 aliphatic carbocycles. The number of nitrogens with zero attached hydrogens (tertiary/aromatic N) is 3. The maximum Gasteiger partial charge on any atom is 0.242 e. The number of nitrogens with two attached hydrogens (primary N) is 1. The van der Waals surface area contributed by atoms with Crippen LogP contribution in [0.1, 0.15) is 33.7 Å². The van der Waals surface area contributed by atoms with Gasteiger partial charge in [-0.15, -0.1) is 10.2 Å². The van der Waals surface area contributed by atoms with E-state index in [9.17, 15) is 9.59 Å². The standard InChI is InChI=1S/C25H23N5O2S/c1-16-11-13-19(14-12-16)23-28-29-25(30(23)26)33-22(18-7-4-3-5-8-18)24(32)27-21-10-6-9-20(15-21)17(2)31/h3-15,22H,26H2,1-2H3,(H,27,32). The number of aromatic nitrogens is 3. The highest BCUT2D eigenvalue weighted by Crippen LogP contribution is 2.36. The molecule has 1 heterocycles. The Morgan fingerprint density at radius 2 is 1.70 bits per heavy atom. The van der Waals surface area contributed by atoms with Crippen LogP contribution >= 0.6 is 11.8 Å². The lowest BCUT2D eigenvalue weighted by Crippen LogP contribution is -2.20. The van der Waals surface area contributed by atoms with E-state index in [4.69, 9.17) is 5.84 Å². The zero-order valence-corrected chi connectivity index (χ0v) is 19.0. The summed E-state index contributed by atoms with van der Waals surface area (Å²) in [5, 5.41) is 11.2. The number of amides is 1. The van der Waals surface area contributed by atoms with Gasteiger partial charge in [0.1, 0.15) is 5.25 Å². The molecule has 1 aromatic heterocycles. The van der Waals surface area contributed by atoms with E-state index in [1.165, 1.54) is 23.4 Å². The molecule has 3 aromatic carbocycles. The maximum atomic E-state index is 13.3. The van der Waals surface area contributed by atoms with E-state index in [1.807, 2.05) is 61.5 Å². The van der Waals surface area contributed by atoms with Crippen molar-refractivity contribution in [3.8, 4) is 11.4 Å². The van der Waals surface area contributed by atoms with E-state index in [0.717, 1.165) is 16.7 Å². The Bertz CT molecular complexity index is 1290. The molecule has 4 rings (SSSR count). The Morgan fingerprint density at radius 3 is 2.39 bits per heavy atom. The predicted octanol–water partition coefficient (Wildman–Crippen LogP) is 4.64. The van der Waals surface area contributed by atoms with Gasteiger partial charge in [0.2, 0.25) is 11.1 Å². The summed E-state index contributed by atoms with van der Waals surface area (Å²) in [5.41, 5.74) is 3.84. The number of carbonyl (C=O) groups excluding carboxylic acids is 2. The summed E-state index contributed by atoms with van der Waals surface area (Å²) in [7, 11) is 0. The number of ketones is 1. The Balaban J connectivity index is 1.62. The summed E-state index contributed by atoms with van der Waals surface area (Å²) in [6, 6.07) is 24.1. The molecule has 7 nitrogen and oxygen atoms in total. The smallest absolute Gasteiger partial charge is 0.242 e. The molecule has 3 N–H and O–H groups in total. The third-order valence-corrected chi connectivity index (χ3v) is 6.29. The minimum absolute atomic E-state index is 0.0695. The van der Waals surface area contributed by atoms with Crippen LogP contribution in [0.4, 0.5) is 5.69 Å². The molecule has 0 fully saturated rings. The van der Waals surface area contributed by atoms with Gasteiger partial charge in [-0.1, -0.05) is 84.1 Å². The lowest BCUT2D eigenvalue weighted by molar-refractivity contribution is -0.115. The van der Waals surface area contributed by atoms with Gasteiger partial charge in [-0.3, -0.25) is 9.59 Å². The van der Waals surface area contributed by atoms with Gasteiger partial charge in [-0.05, 0) is 31.5 Å². The molecule has 0 aliphatic heterocycles. The Kier molecular flexibility index (Phi) is 6.55. The van der Waals surface area contributed by atoms with Crippen molar-refractivity contribution < 1.29 is 9.59 Å². The number of hydrogen-bond donors (Lipinski definition) is 2. The number of Topliss-reactive ketones (excluding diaryl/α,β-unsaturated/α-hetero) is 1. The minimum atomic E-state index is -0.635. The Morgan fingerprint density at radius 1 is 0.970 bits per heavy atom. The fourth-order valence-electron chi connectivity index (χ4n) is 3.29. The van der Waals surface area contributed by atoms with Crippen molar-refractivity contribution in [2.24, 2.45) is 0 Å². The quantitative estimate of drug-likeness (QED) is 0.238. The summed E-state index contributed by atoms with van der Waals surface area (Å²) in [6.07, 6.45) is 0. The third-order valence-electron chi connectivity index (χ3n) is 5.07. The van der Waals surface area contributed by atoms with E-state index in [1.54, 1.807) is 24.3 Å². The van der Waals surface area contributed by atoms with E-state index in [2.05, 4.69) is 15.5 Å². The number of nitrogens with one attached hydrogen (secondary N) is 1. The number of benzene rings is 3. The maximum absolute atomic E-state index is 13.3. The topological polar surface area (TPSA) is 103 Å². The highest BCUT2D eigenvalue weighted by atomic mass is 32.2. The van der Waals surface area contributed by atoms with Crippen molar-refractivity contribution in [1.82, 2.24) is 14.9 Å². The number of aryl methyl sites for hydroxylation is 1. The number of nitrogen functional groups attached to an aromatic ring is 1. The minimum Gasteiger partial charge on any atom is -0.335 e. The van der Waals surface area contributed by atoms with E-state index >= 15 is 0 Å². The molecule has 1 atom stereocenters. The average molecular weight is 458 g/mol. The summed E-state index contributed by atoms with van der Waals surface area (Å²) >= 11 is 1.21. The molecule has 8 heteroatoms. The fourth-order valence-corrected chi connectivity index (χ4v) is 4.24. The van der Waals surface area contributed by atoms with E-state index < -0.39 is 5.25 Å². The second-order valence-electron chi connectivity index (χ2n) is 7.58. The first-order valence-corrected chi connectivity index (χ1v) is 11.2. The van der Waals surface area contributed by atoms with Crippen molar-refractivity contribution in [3.63, 3.8) is 0 Å². The molecule has 0 saturated heterocycles. The predicted molar refractivity (Wildman–Crippen MR) is 130 cm³/mol. The molecule has 4 aromatic rings. The number of carbonyl (C=O) groups is 2. The number of anilines is 1. The van der Waals surface area contributed by atoms with Crippen LogP contribution < -0.4 is 11.2 Å². The summed E-state index contributed by atoms with van der Waals surface area (Å²) < 4.78 is 1.40. The van der Waals surface area contributed by atoms with Crippen molar-refractivity contribution in [1.29, 1.82) is 0 Å². The Hall–Kier alpha value is -3.91. The van der Waals surface area contributed by atoms with Crippen LogP contribution in [-0.4, -0.2) is 26.6 Å². The monoisotopic (exact) mass is 457 g/mol.